The van der Waals surface area contributed by atoms with E-state index in [1.54, 1.807) is 12.3 Å². The van der Waals surface area contributed by atoms with Gasteiger partial charge in [-0.05, 0) is 50.6 Å². The number of carbonyl (C=O) groups is 1. The molecule has 4 rings (SSSR count). The van der Waals surface area contributed by atoms with Crippen LogP contribution in [0, 0.1) is 5.82 Å². The molecule has 0 fully saturated rings. The van der Waals surface area contributed by atoms with Gasteiger partial charge in [-0.2, -0.15) is 4.98 Å². The van der Waals surface area contributed by atoms with Crippen molar-refractivity contribution < 1.29 is 22.9 Å². The summed E-state index contributed by atoms with van der Waals surface area (Å²) in [7, 11) is 1.40. The van der Waals surface area contributed by atoms with Gasteiger partial charge in [0, 0.05) is 30.1 Å². The molecule has 0 radical (unpaired) electrons. The van der Waals surface area contributed by atoms with E-state index in [2.05, 4.69) is 24.3 Å². The van der Waals surface area contributed by atoms with E-state index in [1.165, 1.54) is 13.2 Å². The van der Waals surface area contributed by atoms with E-state index in [0.29, 0.717) is 30.7 Å². The number of rotatable bonds is 9. The first-order chi connectivity index (χ1) is 17.7. The number of methoxy groups -OCH3 is 1. The molecule has 3 aromatic heterocycles. The van der Waals surface area contributed by atoms with Crippen molar-refractivity contribution in [1.82, 2.24) is 24.8 Å². The summed E-state index contributed by atoms with van der Waals surface area (Å²) >= 11 is 0. The largest absolute Gasteiger partial charge is 0.494 e. The van der Waals surface area contributed by atoms with E-state index in [9.17, 15) is 13.4 Å². The highest BCUT2D eigenvalue weighted by atomic mass is 32.2. The number of aromatic nitrogens is 4. The molecule has 1 atom stereocenters. The molecule has 0 spiro atoms. The SMILES string of the molecule is COc1ccc(OCCN(C)C)nc1S(N)(=O)=NC(=O)Cc1c(-c2ncc(F)cn2)cnc2c1CCC2. The fourth-order valence-electron chi connectivity index (χ4n) is 3.99. The highest BCUT2D eigenvalue weighted by Crippen LogP contribution is 2.31. The number of aryl methyl sites for hydroxylation is 1. The molecule has 3 aromatic rings. The topological polar surface area (TPSA) is 146 Å². The molecule has 0 bridgehead atoms. The first-order valence-electron chi connectivity index (χ1n) is 11.6. The Morgan fingerprint density at radius 2 is 1.95 bits per heavy atom. The number of hydrogen-bond acceptors (Lipinski definition) is 9. The van der Waals surface area contributed by atoms with Gasteiger partial charge in [-0.15, -0.1) is 4.36 Å². The Bertz CT molecular complexity index is 1420. The maximum atomic E-state index is 13.4. The predicted molar refractivity (Wildman–Crippen MR) is 134 cm³/mol. The van der Waals surface area contributed by atoms with Crippen LogP contribution in [0.4, 0.5) is 4.39 Å². The van der Waals surface area contributed by atoms with Crippen LogP contribution in [0.25, 0.3) is 11.4 Å². The smallest absolute Gasteiger partial charge is 0.259 e. The summed E-state index contributed by atoms with van der Waals surface area (Å²) in [6.07, 6.45) is 5.81. The second kappa shape index (κ2) is 11.2. The summed E-state index contributed by atoms with van der Waals surface area (Å²) < 4.78 is 41.5. The Labute approximate surface area is 214 Å². The van der Waals surface area contributed by atoms with Gasteiger partial charge in [-0.3, -0.25) is 9.78 Å². The van der Waals surface area contributed by atoms with Gasteiger partial charge in [-0.25, -0.2) is 23.7 Å². The molecular formula is C24H28FN7O4S. The molecule has 2 N–H and O–H groups in total. The molecule has 1 unspecified atom stereocenters. The van der Waals surface area contributed by atoms with Crippen LogP contribution >= 0.6 is 0 Å². The number of carbonyl (C=O) groups excluding carboxylic acids is 1. The van der Waals surface area contributed by atoms with Crippen LogP contribution in [0.2, 0.25) is 0 Å². The van der Waals surface area contributed by atoms with Crippen LogP contribution in [-0.4, -0.2) is 69.3 Å². The van der Waals surface area contributed by atoms with Crippen LogP contribution in [-0.2, 0) is 34.0 Å². The second-order valence-corrected chi connectivity index (χ2v) is 10.4. The van der Waals surface area contributed by atoms with Crippen molar-refractivity contribution in [3.8, 4) is 23.0 Å². The van der Waals surface area contributed by atoms with Crippen molar-refractivity contribution in [2.24, 2.45) is 9.50 Å². The van der Waals surface area contributed by atoms with Crippen molar-refractivity contribution in [1.29, 1.82) is 0 Å². The molecule has 0 aromatic carbocycles. The molecule has 1 aliphatic rings. The lowest BCUT2D eigenvalue weighted by atomic mass is 9.98. The van der Waals surface area contributed by atoms with Crippen molar-refractivity contribution >= 4 is 15.8 Å². The molecule has 13 heteroatoms. The van der Waals surface area contributed by atoms with Gasteiger partial charge in [-0.1, -0.05) is 0 Å². The maximum absolute atomic E-state index is 13.4. The number of nitrogens with two attached hydrogens (primary N) is 1. The van der Waals surface area contributed by atoms with Crippen LogP contribution in [0.1, 0.15) is 23.2 Å². The van der Waals surface area contributed by atoms with Crippen LogP contribution in [0.15, 0.2) is 40.1 Å². The third-order valence-electron chi connectivity index (χ3n) is 5.74. The third kappa shape index (κ3) is 6.24. The Hall–Kier alpha value is -3.55. The summed E-state index contributed by atoms with van der Waals surface area (Å²) in [6, 6.07) is 3.07. The molecular weight excluding hydrogens is 501 g/mol. The third-order valence-corrected chi connectivity index (χ3v) is 7.06. The molecule has 37 heavy (non-hydrogen) atoms. The summed E-state index contributed by atoms with van der Waals surface area (Å²) in [5.41, 5.74) is 2.86. The van der Waals surface area contributed by atoms with Gasteiger partial charge < -0.3 is 14.4 Å². The quantitative estimate of drug-likeness (QED) is 0.440. The molecule has 1 amide bonds. The van der Waals surface area contributed by atoms with Gasteiger partial charge in [0.05, 0.1) is 25.9 Å². The first-order valence-corrected chi connectivity index (χ1v) is 13.1. The average Bonchev–Trinajstić information content (AvgIpc) is 3.34. The van der Waals surface area contributed by atoms with Gasteiger partial charge in [0.25, 0.3) is 5.91 Å². The van der Waals surface area contributed by atoms with E-state index in [1.807, 2.05) is 19.0 Å². The second-order valence-electron chi connectivity index (χ2n) is 8.69. The number of likely N-dealkylation sites (N-methyl/N-ethyl adjacent to an activating group) is 1. The lowest BCUT2D eigenvalue weighted by Gasteiger charge is -2.14. The Kier molecular flexibility index (Phi) is 8.05. The lowest BCUT2D eigenvalue weighted by Crippen LogP contribution is -2.21. The molecule has 0 saturated heterocycles. The van der Waals surface area contributed by atoms with E-state index in [4.69, 9.17) is 14.6 Å². The van der Waals surface area contributed by atoms with Crippen molar-refractivity contribution in [2.45, 2.75) is 30.7 Å². The summed E-state index contributed by atoms with van der Waals surface area (Å²) in [6.45, 7) is 0.981. The van der Waals surface area contributed by atoms with Crippen molar-refractivity contribution in [2.75, 3.05) is 34.4 Å². The first kappa shape index (κ1) is 26.5. The van der Waals surface area contributed by atoms with Crippen molar-refractivity contribution in [3.05, 3.63) is 53.4 Å². The fraction of sp³-hybridized carbons (Fsp3) is 0.375. The number of ether oxygens (including phenoxy) is 2. The van der Waals surface area contributed by atoms with E-state index >= 15 is 0 Å². The highest BCUT2D eigenvalue weighted by Gasteiger charge is 2.25. The fourth-order valence-corrected chi connectivity index (χ4v) is 5.10. The zero-order valence-corrected chi connectivity index (χ0v) is 21.6. The van der Waals surface area contributed by atoms with Gasteiger partial charge in [0.1, 0.15) is 6.61 Å². The number of pyridine rings is 2. The van der Waals surface area contributed by atoms with Gasteiger partial charge in [0.15, 0.2) is 32.3 Å². The number of fused-ring (bicyclic) bond motifs is 1. The minimum absolute atomic E-state index is 0.120. The number of amides is 1. The lowest BCUT2D eigenvalue weighted by molar-refractivity contribution is -0.117. The van der Waals surface area contributed by atoms with Crippen LogP contribution < -0.4 is 14.6 Å². The number of hydrogen-bond donors (Lipinski definition) is 1. The minimum Gasteiger partial charge on any atom is -0.494 e. The van der Waals surface area contributed by atoms with Crippen LogP contribution in [0.5, 0.6) is 11.6 Å². The Morgan fingerprint density at radius 3 is 2.65 bits per heavy atom. The molecule has 196 valence electrons. The van der Waals surface area contributed by atoms with Crippen LogP contribution in [0.3, 0.4) is 0 Å². The standard InChI is InChI=1S/C24H28FN7O4S/c1-32(2)9-10-36-22-8-7-20(35-3)24(30-22)37(26,34)31-21(33)11-17-16-5-4-6-19(16)27-14-18(17)23-28-12-15(25)13-29-23/h7-8,12-14H,4-6,9-11H2,1-3H3,(H2,26,31,33,34). The maximum Gasteiger partial charge on any atom is 0.259 e. The predicted octanol–water partition coefficient (Wildman–Crippen LogP) is 1.98. The molecule has 1 aliphatic carbocycles. The monoisotopic (exact) mass is 529 g/mol. The number of halogens is 1. The zero-order valence-electron chi connectivity index (χ0n) is 20.8. The van der Waals surface area contributed by atoms with Gasteiger partial charge in [0.2, 0.25) is 5.88 Å². The summed E-state index contributed by atoms with van der Waals surface area (Å²) in [4.78, 5) is 31.8. The summed E-state index contributed by atoms with van der Waals surface area (Å²) in [5, 5.41) is 5.86. The van der Waals surface area contributed by atoms with E-state index < -0.39 is 21.6 Å². The minimum atomic E-state index is -3.78. The highest BCUT2D eigenvalue weighted by molar-refractivity contribution is 7.91. The van der Waals surface area contributed by atoms with Crippen molar-refractivity contribution in [3.63, 3.8) is 0 Å². The van der Waals surface area contributed by atoms with E-state index in [0.717, 1.165) is 36.5 Å². The molecule has 0 saturated carbocycles. The van der Waals surface area contributed by atoms with Gasteiger partial charge >= 0.3 is 0 Å². The summed E-state index contributed by atoms with van der Waals surface area (Å²) in [5.74, 6) is -0.775. The number of nitrogens with zero attached hydrogens (tertiary/aromatic N) is 6. The molecule has 0 aliphatic heterocycles. The Balaban J connectivity index is 1.67. The molecule has 3 heterocycles. The zero-order chi connectivity index (χ0) is 26.6. The average molecular weight is 530 g/mol. The normalized spacial score (nSPS) is 14.2. The Morgan fingerprint density at radius 1 is 1.19 bits per heavy atom. The molecule has 11 nitrogen and oxygen atoms in total. The van der Waals surface area contributed by atoms with E-state index in [-0.39, 0.29) is 28.9 Å².